The van der Waals surface area contributed by atoms with Crippen LogP contribution in [-0.4, -0.2) is 17.0 Å². The standard InChI is InChI=1S/C2H6NO2PS/c3-1-2(4)6(5)7/h5,7H,1,3H2. The van der Waals surface area contributed by atoms with Gasteiger partial charge in [-0.25, -0.2) is 0 Å². The lowest BCUT2D eigenvalue weighted by atomic mass is 10.8. The Balaban J connectivity index is 3.35. The summed E-state index contributed by atoms with van der Waals surface area (Å²) in [5.41, 5.74) is 4.44. The fourth-order valence-electron chi connectivity index (χ4n) is 0.0816. The molecule has 0 rings (SSSR count). The molecule has 1 atom stereocenters. The van der Waals surface area contributed by atoms with E-state index in [9.17, 15) is 4.79 Å². The van der Waals surface area contributed by atoms with E-state index in [4.69, 9.17) is 10.6 Å². The first-order chi connectivity index (χ1) is 3.18. The lowest BCUT2D eigenvalue weighted by Gasteiger charge is -1.93. The van der Waals surface area contributed by atoms with Crippen LogP contribution in [0.5, 0.6) is 0 Å². The van der Waals surface area contributed by atoms with Crippen molar-refractivity contribution in [2.75, 3.05) is 6.54 Å². The van der Waals surface area contributed by atoms with Crippen molar-refractivity contribution in [3.05, 3.63) is 0 Å². The number of hydrogen-bond acceptors (Lipinski definition) is 4. The summed E-state index contributed by atoms with van der Waals surface area (Å²) < 4.78 is 0. The topological polar surface area (TPSA) is 63.3 Å². The van der Waals surface area contributed by atoms with E-state index in [-0.39, 0.29) is 6.54 Å². The van der Waals surface area contributed by atoms with Crippen LogP contribution in [0.4, 0.5) is 0 Å². The van der Waals surface area contributed by atoms with Gasteiger partial charge in [-0.15, -0.1) is 12.2 Å². The summed E-state index contributed by atoms with van der Waals surface area (Å²) in [5, 5.41) is 0. The quantitative estimate of drug-likeness (QED) is 0.363. The maximum Gasteiger partial charge on any atom is 0.205 e. The summed E-state index contributed by atoms with van der Waals surface area (Å²) in [4.78, 5) is 18.4. The van der Waals surface area contributed by atoms with Gasteiger partial charge in [-0.05, 0) is 0 Å². The van der Waals surface area contributed by atoms with Crippen molar-refractivity contribution in [3.8, 4) is 0 Å². The highest BCUT2D eigenvalue weighted by atomic mass is 32.7. The van der Waals surface area contributed by atoms with E-state index in [1.165, 1.54) is 0 Å². The van der Waals surface area contributed by atoms with Gasteiger partial charge in [0.2, 0.25) is 5.52 Å². The summed E-state index contributed by atoms with van der Waals surface area (Å²) in [6.07, 6.45) is 0. The molecule has 0 radical (unpaired) electrons. The minimum absolute atomic E-state index is 0.119. The Labute approximate surface area is 47.9 Å². The van der Waals surface area contributed by atoms with Crippen LogP contribution in [-0.2, 0) is 4.79 Å². The van der Waals surface area contributed by atoms with Crippen LogP contribution in [0.15, 0.2) is 0 Å². The molecule has 0 aliphatic rings. The molecule has 42 valence electrons. The minimum Gasteiger partial charge on any atom is -0.357 e. The fraction of sp³-hybridized carbons (Fsp3) is 0.500. The van der Waals surface area contributed by atoms with Crippen molar-refractivity contribution in [2.45, 2.75) is 0 Å². The Morgan fingerprint density at radius 2 is 2.43 bits per heavy atom. The SMILES string of the molecule is NCC(=O)P(O)S. The van der Waals surface area contributed by atoms with E-state index >= 15 is 0 Å². The lowest BCUT2D eigenvalue weighted by molar-refractivity contribution is -0.110. The third kappa shape index (κ3) is 3.00. The Kier molecular flexibility index (Phi) is 3.56. The second-order valence-electron chi connectivity index (χ2n) is 0.887. The number of thiol groups is 1. The van der Waals surface area contributed by atoms with Crippen molar-refractivity contribution >= 4 is 25.1 Å². The number of rotatable bonds is 2. The van der Waals surface area contributed by atoms with Crippen LogP contribution < -0.4 is 5.73 Å². The van der Waals surface area contributed by atoms with Crippen LogP contribution in [0.1, 0.15) is 0 Å². The van der Waals surface area contributed by atoms with Crippen molar-refractivity contribution < 1.29 is 9.69 Å². The molecule has 7 heavy (non-hydrogen) atoms. The second kappa shape index (κ2) is 3.38. The number of hydrogen-bond donors (Lipinski definition) is 3. The van der Waals surface area contributed by atoms with E-state index < -0.39 is 12.9 Å². The van der Waals surface area contributed by atoms with Gasteiger partial charge >= 0.3 is 0 Å². The summed E-state index contributed by atoms with van der Waals surface area (Å²) in [5.74, 6) is 0. The van der Waals surface area contributed by atoms with Crippen LogP contribution in [0, 0.1) is 0 Å². The summed E-state index contributed by atoms with van der Waals surface area (Å²) in [7, 11) is -1.73. The molecule has 0 amide bonds. The summed E-state index contributed by atoms with van der Waals surface area (Å²) in [6.45, 7) is -0.119. The highest BCUT2D eigenvalue weighted by molar-refractivity contribution is 8.48. The zero-order chi connectivity index (χ0) is 5.86. The van der Waals surface area contributed by atoms with E-state index in [1.807, 2.05) is 0 Å². The zero-order valence-corrected chi connectivity index (χ0v) is 5.32. The molecule has 0 aliphatic carbocycles. The molecule has 0 aromatic carbocycles. The molecule has 0 bridgehead atoms. The maximum atomic E-state index is 10.1. The van der Waals surface area contributed by atoms with Crippen LogP contribution >= 0.6 is 19.6 Å². The first-order valence-corrected chi connectivity index (χ1v) is 4.04. The molecule has 0 saturated heterocycles. The zero-order valence-electron chi connectivity index (χ0n) is 3.53. The van der Waals surface area contributed by atoms with Gasteiger partial charge in [0.25, 0.3) is 0 Å². The molecule has 0 aliphatic heterocycles. The molecular weight excluding hydrogens is 133 g/mol. The fourth-order valence-corrected chi connectivity index (χ4v) is 0.490. The highest BCUT2D eigenvalue weighted by Crippen LogP contribution is 2.34. The molecule has 3 nitrogen and oxygen atoms in total. The first-order valence-electron chi connectivity index (χ1n) is 1.59. The van der Waals surface area contributed by atoms with E-state index in [2.05, 4.69) is 12.2 Å². The van der Waals surface area contributed by atoms with Crippen LogP contribution in [0.25, 0.3) is 0 Å². The minimum atomic E-state index is -1.73. The molecule has 3 N–H and O–H groups in total. The Bertz CT molecular complexity index is 76.1. The second-order valence-corrected chi connectivity index (χ2v) is 3.10. The van der Waals surface area contributed by atoms with Gasteiger partial charge in [0, 0.05) is 0 Å². The van der Waals surface area contributed by atoms with Gasteiger partial charge in [0.15, 0.2) is 7.35 Å². The van der Waals surface area contributed by atoms with E-state index in [0.717, 1.165) is 0 Å². The maximum absolute atomic E-state index is 10.1. The number of nitrogens with two attached hydrogens (primary N) is 1. The Morgan fingerprint density at radius 1 is 2.00 bits per heavy atom. The molecule has 0 aromatic rings. The van der Waals surface area contributed by atoms with Gasteiger partial charge in [-0.3, -0.25) is 4.79 Å². The van der Waals surface area contributed by atoms with Gasteiger partial charge in [-0.2, -0.15) is 0 Å². The molecule has 0 saturated carbocycles. The average molecular weight is 139 g/mol. The Morgan fingerprint density at radius 3 is 2.43 bits per heavy atom. The monoisotopic (exact) mass is 139 g/mol. The van der Waals surface area contributed by atoms with Gasteiger partial charge < -0.3 is 10.6 Å². The van der Waals surface area contributed by atoms with Crippen LogP contribution in [0.3, 0.4) is 0 Å². The summed E-state index contributed by atoms with van der Waals surface area (Å²) in [6, 6.07) is 0. The lowest BCUT2D eigenvalue weighted by Crippen LogP contribution is -2.09. The van der Waals surface area contributed by atoms with Crippen molar-refractivity contribution in [2.24, 2.45) is 5.73 Å². The molecule has 1 unspecified atom stereocenters. The largest absolute Gasteiger partial charge is 0.357 e. The van der Waals surface area contributed by atoms with Crippen molar-refractivity contribution in [1.82, 2.24) is 0 Å². The average Bonchev–Trinajstić information content (AvgIpc) is 1.65. The molecule has 0 heterocycles. The van der Waals surface area contributed by atoms with Crippen LogP contribution in [0.2, 0.25) is 0 Å². The highest BCUT2D eigenvalue weighted by Gasteiger charge is 2.05. The van der Waals surface area contributed by atoms with Gasteiger partial charge in [-0.1, -0.05) is 0 Å². The number of carbonyl (C=O) groups excluding carboxylic acids is 1. The molecular formula is C2H6NO2PS. The molecule has 5 heteroatoms. The predicted octanol–water partition coefficient (Wildman–Crippen LogP) is -0.294. The third-order valence-electron chi connectivity index (χ3n) is 0.398. The van der Waals surface area contributed by atoms with Gasteiger partial charge in [0.05, 0.1) is 6.54 Å². The predicted molar refractivity (Wildman–Crippen MR) is 32.2 cm³/mol. The number of carbonyl (C=O) groups is 1. The van der Waals surface area contributed by atoms with E-state index in [0.29, 0.717) is 0 Å². The smallest absolute Gasteiger partial charge is 0.205 e. The van der Waals surface area contributed by atoms with E-state index in [1.54, 1.807) is 0 Å². The van der Waals surface area contributed by atoms with Crippen molar-refractivity contribution in [1.29, 1.82) is 0 Å². The molecule has 0 fully saturated rings. The molecule has 0 spiro atoms. The third-order valence-corrected chi connectivity index (χ3v) is 1.70. The molecule has 0 aromatic heterocycles. The van der Waals surface area contributed by atoms with Crippen molar-refractivity contribution in [3.63, 3.8) is 0 Å². The Hall–Kier alpha value is 0.370. The summed E-state index contributed by atoms with van der Waals surface area (Å²) >= 11 is 3.46. The first kappa shape index (κ1) is 7.37. The normalized spacial score (nSPS) is 13.6. The van der Waals surface area contributed by atoms with Gasteiger partial charge in [0.1, 0.15) is 0 Å².